The summed E-state index contributed by atoms with van der Waals surface area (Å²) in [6.45, 7) is 5.91. The van der Waals surface area contributed by atoms with E-state index in [9.17, 15) is 0 Å². The summed E-state index contributed by atoms with van der Waals surface area (Å²) in [5.41, 5.74) is 0. The molecule has 0 aromatic carbocycles. The van der Waals surface area contributed by atoms with Crippen LogP contribution in [0.5, 0.6) is 0 Å². The molecule has 0 nitrogen and oxygen atoms in total. The molecule has 0 radical (unpaired) electrons. The van der Waals surface area contributed by atoms with Crippen LogP contribution < -0.4 is 0 Å². The summed E-state index contributed by atoms with van der Waals surface area (Å²) in [7, 11) is 0. The van der Waals surface area contributed by atoms with Gasteiger partial charge in [0, 0.05) is 0 Å². The SMILES string of the molecule is CB1C[C@@H]2CC(C)C[C@H](C1)C2. The molecule has 0 aromatic heterocycles. The third kappa shape index (κ3) is 1.63. The van der Waals surface area contributed by atoms with E-state index >= 15 is 0 Å². The molecule has 2 fully saturated rings. The first-order chi connectivity index (χ1) is 5.24. The van der Waals surface area contributed by atoms with Crippen LogP contribution in [0, 0.1) is 17.8 Å². The second-order valence-corrected chi connectivity index (χ2v) is 5.12. The van der Waals surface area contributed by atoms with Gasteiger partial charge in [-0.1, -0.05) is 26.4 Å². The Bertz CT molecular complexity index is 110. The molecule has 1 saturated carbocycles. The van der Waals surface area contributed by atoms with Gasteiger partial charge in [0.25, 0.3) is 0 Å². The highest BCUT2D eigenvalue weighted by atomic mass is 14.3. The smallest absolute Gasteiger partial charge is 0.0861 e. The molecule has 2 bridgehead atoms. The Morgan fingerprint density at radius 2 is 1.55 bits per heavy atom. The lowest BCUT2D eigenvalue weighted by Crippen LogP contribution is -2.32. The van der Waals surface area contributed by atoms with Crippen LogP contribution in [-0.2, 0) is 0 Å². The topological polar surface area (TPSA) is 0 Å². The van der Waals surface area contributed by atoms with Crippen LogP contribution in [0.2, 0.25) is 19.5 Å². The Morgan fingerprint density at radius 3 is 2.09 bits per heavy atom. The van der Waals surface area contributed by atoms with Crippen molar-refractivity contribution in [3.63, 3.8) is 0 Å². The maximum absolute atomic E-state index is 2.44. The molecule has 2 aliphatic rings. The first-order valence-corrected chi connectivity index (χ1v) is 5.24. The maximum atomic E-state index is 2.44. The molecule has 1 heteroatoms. The Balaban J connectivity index is 2.00. The Hall–Kier alpha value is 0.0649. The molecule has 2 rings (SSSR count). The minimum Gasteiger partial charge on any atom is -0.0861 e. The highest BCUT2D eigenvalue weighted by molar-refractivity contribution is 6.57. The van der Waals surface area contributed by atoms with Gasteiger partial charge >= 0.3 is 0 Å². The van der Waals surface area contributed by atoms with E-state index in [1.807, 2.05) is 0 Å². The van der Waals surface area contributed by atoms with Crippen LogP contribution in [0.15, 0.2) is 0 Å². The Kier molecular flexibility index (Phi) is 1.99. The fraction of sp³-hybridized carbons (Fsp3) is 1.00. The summed E-state index contributed by atoms with van der Waals surface area (Å²) in [6.07, 6.45) is 7.68. The van der Waals surface area contributed by atoms with Gasteiger partial charge in [0.1, 0.15) is 6.71 Å². The molecular weight excluding hydrogens is 131 g/mol. The van der Waals surface area contributed by atoms with E-state index in [2.05, 4.69) is 13.7 Å². The van der Waals surface area contributed by atoms with Gasteiger partial charge in [0.2, 0.25) is 0 Å². The van der Waals surface area contributed by atoms with Crippen molar-refractivity contribution >= 4 is 6.71 Å². The van der Waals surface area contributed by atoms with Crippen LogP contribution >= 0.6 is 0 Å². The molecule has 1 heterocycles. The van der Waals surface area contributed by atoms with Crippen molar-refractivity contribution in [2.45, 2.75) is 45.6 Å². The first-order valence-electron chi connectivity index (χ1n) is 5.24. The molecule has 1 unspecified atom stereocenters. The number of rotatable bonds is 0. The molecule has 0 aromatic rings. The van der Waals surface area contributed by atoms with Crippen molar-refractivity contribution in [2.24, 2.45) is 17.8 Å². The van der Waals surface area contributed by atoms with Crippen LogP contribution in [0.4, 0.5) is 0 Å². The summed E-state index contributed by atoms with van der Waals surface area (Å²) >= 11 is 0. The molecule has 62 valence electrons. The summed E-state index contributed by atoms with van der Waals surface area (Å²) in [6, 6.07) is 0. The standard InChI is InChI=1S/C10H19B/c1-8-3-9-5-10(4-8)7-11(2)6-9/h8-10H,3-7H2,1-2H3/t8?,9-,10+. The minimum atomic E-state index is 1.03. The van der Waals surface area contributed by atoms with E-state index < -0.39 is 0 Å². The van der Waals surface area contributed by atoms with Gasteiger partial charge in [-0.2, -0.15) is 0 Å². The third-order valence-corrected chi connectivity index (χ3v) is 3.61. The van der Waals surface area contributed by atoms with Gasteiger partial charge in [-0.15, -0.1) is 0 Å². The quantitative estimate of drug-likeness (QED) is 0.465. The zero-order valence-corrected chi connectivity index (χ0v) is 7.84. The molecule has 1 saturated heterocycles. The summed E-state index contributed by atoms with van der Waals surface area (Å²) in [5, 5.41) is 0. The Morgan fingerprint density at radius 1 is 1.00 bits per heavy atom. The van der Waals surface area contributed by atoms with E-state index in [1.165, 1.54) is 25.5 Å². The zero-order valence-electron chi connectivity index (χ0n) is 7.84. The van der Waals surface area contributed by atoms with Crippen molar-refractivity contribution in [3.8, 4) is 0 Å². The lowest BCUT2D eigenvalue weighted by Gasteiger charge is -2.39. The molecule has 1 aliphatic heterocycles. The van der Waals surface area contributed by atoms with E-state index in [-0.39, 0.29) is 0 Å². The summed E-state index contributed by atoms with van der Waals surface area (Å²) < 4.78 is 0. The second-order valence-electron chi connectivity index (χ2n) is 5.12. The lowest BCUT2D eigenvalue weighted by atomic mass is 9.37. The average Bonchev–Trinajstić information content (AvgIpc) is 1.82. The molecule has 0 spiro atoms. The van der Waals surface area contributed by atoms with Gasteiger partial charge in [-0.05, 0) is 37.0 Å². The minimum absolute atomic E-state index is 1.03. The van der Waals surface area contributed by atoms with E-state index in [1.54, 1.807) is 6.42 Å². The van der Waals surface area contributed by atoms with Gasteiger partial charge in [0.15, 0.2) is 0 Å². The second kappa shape index (κ2) is 2.84. The predicted molar refractivity (Wildman–Crippen MR) is 51.2 cm³/mol. The van der Waals surface area contributed by atoms with E-state index in [4.69, 9.17) is 0 Å². The highest BCUT2D eigenvalue weighted by Gasteiger charge is 2.33. The average molecular weight is 150 g/mol. The van der Waals surface area contributed by atoms with Crippen molar-refractivity contribution < 1.29 is 0 Å². The highest BCUT2D eigenvalue weighted by Crippen LogP contribution is 2.42. The molecule has 0 amide bonds. The largest absolute Gasteiger partial charge is 0.137 e. The lowest BCUT2D eigenvalue weighted by molar-refractivity contribution is 0.219. The van der Waals surface area contributed by atoms with Crippen LogP contribution in [-0.4, -0.2) is 6.71 Å². The van der Waals surface area contributed by atoms with E-state index in [0.717, 1.165) is 24.5 Å². The summed E-state index contributed by atoms with van der Waals surface area (Å²) in [4.78, 5) is 0. The molecular formula is C10H19B. The molecule has 11 heavy (non-hydrogen) atoms. The van der Waals surface area contributed by atoms with Crippen molar-refractivity contribution in [3.05, 3.63) is 0 Å². The zero-order chi connectivity index (χ0) is 7.84. The monoisotopic (exact) mass is 150 g/mol. The predicted octanol–water partition coefficient (Wildman–Crippen LogP) is 3.18. The fourth-order valence-corrected chi connectivity index (χ4v) is 3.52. The van der Waals surface area contributed by atoms with Gasteiger partial charge in [0.05, 0.1) is 0 Å². The normalized spacial score (nSPS) is 44.2. The van der Waals surface area contributed by atoms with Crippen molar-refractivity contribution in [1.82, 2.24) is 0 Å². The van der Waals surface area contributed by atoms with Crippen molar-refractivity contribution in [2.75, 3.05) is 0 Å². The van der Waals surface area contributed by atoms with Gasteiger partial charge in [-0.25, -0.2) is 0 Å². The van der Waals surface area contributed by atoms with Crippen LogP contribution in [0.1, 0.15) is 26.2 Å². The van der Waals surface area contributed by atoms with E-state index in [0.29, 0.717) is 0 Å². The maximum Gasteiger partial charge on any atom is 0.137 e. The molecule has 3 atom stereocenters. The third-order valence-electron chi connectivity index (χ3n) is 3.61. The summed E-state index contributed by atoms with van der Waals surface area (Å²) in [5.74, 6) is 3.24. The van der Waals surface area contributed by atoms with Gasteiger partial charge < -0.3 is 0 Å². The first kappa shape index (κ1) is 7.70. The molecule has 1 aliphatic carbocycles. The number of fused-ring (bicyclic) bond motifs is 2. The van der Waals surface area contributed by atoms with Crippen LogP contribution in [0.3, 0.4) is 0 Å². The van der Waals surface area contributed by atoms with Crippen molar-refractivity contribution in [1.29, 1.82) is 0 Å². The van der Waals surface area contributed by atoms with Crippen LogP contribution in [0.25, 0.3) is 0 Å². The number of hydrogen-bond acceptors (Lipinski definition) is 0. The number of hydrogen-bond donors (Lipinski definition) is 0. The molecule has 0 N–H and O–H groups in total. The fourth-order valence-electron chi connectivity index (χ4n) is 3.52. The Labute approximate surface area is 70.8 Å². The van der Waals surface area contributed by atoms with Gasteiger partial charge in [-0.3, -0.25) is 0 Å².